The highest BCUT2D eigenvalue weighted by atomic mass is 35.5. The predicted octanol–water partition coefficient (Wildman–Crippen LogP) is 5.79. The van der Waals surface area contributed by atoms with E-state index in [1.54, 1.807) is 0 Å². The van der Waals surface area contributed by atoms with Crippen LogP contribution in [0.25, 0.3) is 0 Å². The van der Waals surface area contributed by atoms with Crippen LogP contribution in [-0.4, -0.2) is 30.1 Å². The standard InChI is InChI=1S/C18H13ClF6N2O/c19-11-3-6-14-13(7-11)17(8-15(21)22,10-1-4-12(20)5-2-10)27(16(28)26-14)9-18(23,24)25/h1-7,15H,8-9H2,(H,26,28). The maximum absolute atomic E-state index is 13.6. The predicted molar refractivity (Wildman–Crippen MR) is 91.0 cm³/mol. The molecule has 150 valence electrons. The second kappa shape index (κ2) is 7.20. The summed E-state index contributed by atoms with van der Waals surface area (Å²) in [7, 11) is 0. The van der Waals surface area contributed by atoms with Crippen molar-refractivity contribution in [2.24, 2.45) is 0 Å². The van der Waals surface area contributed by atoms with Crippen LogP contribution in [-0.2, 0) is 5.54 Å². The molecule has 3 nitrogen and oxygen atoms in total. The molecule has 2 aromatic rings. The first kappa shape index (κ1) is 20.3. The van der Waals surface area contributed by atoms with Crippen LogP contribution in [0.2, 0.25) is 5.02 Å². The zero-order valence-electron chi connectivity index (χ0n) is 14.0. The number of amides is 2. The summed E-state index contributed by atoms with van der Waals surface area (Å²) in [6, 6.07) is 6.77. The number of rotatable bonds is 4. The molecule has 28 heavy (non-hydrogen) atoms. The molecule has 0 spiro atoms. The van der Waals surface area contributed by atoms with Gasteiger partial charge in [0.1, 0.15) is 17.9 Å². The molecular weight excluding hydrogens is 410 g/mol. The van der Waals surface area contributed by atoms with Crippen LogP contribution in [0.15, 0.2) is 42.5 Å². The minimum Gasteiger partial charge on any atom is -0.307 e. The summed E-state index contributed by atoms with van der Waals surface area (Å²) in [5.74, 6) is -0.704. The van der Waals surface area contributed by atoms with Crippen LogP contribution >= 0.6 is 11.6 Å². The van der Waals surface area contributed by atoms with Gasteiger partial charge < -0.3 is 10.2 Å². The Morgan fingerprint density at radius 3 is 2.32 bits per heavy atom. The van der Waals surface area contributed by atoms with Crippen molar-refractivity contribution in [3.8, 4) is 0 Å². The summed E-state index contributed by atoms with van der Waals surface area (Å²) in [5.41, 5.74) is -2.26. The molecular formula is C18H13ClF6N2O. The Bertz CT molecular complexity index is 887. The van der Waals surface area contributed by atoms with E-state index in [4.69, 9.17) is 11.6 Å². The Morgan fingerprint density at radius 2 is 1.75 bits per heavy atom. The number of hydrogen-bond acceptors (Lipinski definition) is 1. The molecule has 1 unspecified atom stereocenters. The van der Waals surface area contributed by atoms with E-state index in [0.29, 0.717) is 4.90 Å². The van der Waals surface area contributed by atoms with E-state index in [1.165, 1.54) is 18.2 Å². The van der Waals surface area contributed by atoms with Gasteiger partial charge in [0.2, 0.25) is 6.43 Å². The number of urea groups is 1. The summed E-state index contributed by atoms with van der Waals surface area (Å²) in [6.45, 7) is -1.78. The number of carbonyl (C=O) groups excluding carboxylic acids is 1. The molecule has 0 aromatic heterocycles. The lowest BCUT2D eigenvalue weighted by Crippen LogP contribution is -2.58. The van der Waals surface area contributed by atoms with Gasteiger partial charge in [-0.1, -0.05) is 23.7 Å². The number of nitrogens with zero attached hydrogens (tertiary/aromatic N) is 1. The number of carbonyl (C=O) groups is 1. The molecule has 10 heteroatoms. The smallest absolute Gasteiger partial charge is 0.307 e. The minimum absolute atomic E-state index is 0.0317. The van der Waals surface area contributed by atoms with Crippen molar-refractivity contribution in [1.29, 1.82) is 0 Å². The van der Waals surface area contributed by atoms with E-state index in [9.17, 15) is 31.1 Å². The first-order valence-electron chi connectivity index (χ1n) is 8.02. The molecule has 0 aliphatic carbocycles. The van der Waals surface area contributed by atoms with Crippen LogP contribution in [0, 0.1) is 5.82 Å². The van der Waals surface area contributed by atoms with Crippen molar-refractivity contribution in [2.45, 2.75) is 24.6 Å². The second-order valence-electron chi connectivity index (χ2n) is 6.28. The SMILES string of the molecule is O=C1Nc2ccc(Cl)cc2C(CC(F)F)(c2ccc(F)cc2)N1CC(F)(F)F. The summed E-state index contributed by atoms with van der Waals surface area (Å²) in [6.07, 6.45) is -9.06. The summed E-state index contributed by atoms with van der Waals surface area (Å²) < 4.78 is 80.3. The van der Waals surface area contributed by atoms with E-state index in [0.717, 1.165) is 24.3 Å². The average Bonchev–Trinajstić information content (AvgIpc) is 2.58. The van der Waals surface area contributed by atoms with Crippen molar-refractivity contribution in [3.63, 3.8) is 0 Å². The fourth-order valence-electron chi connectivity index (χ4n) is 3.45. The second-order valence-corrected chi connectivity index (χ2v) is 6.72. The number of benzene rings is 2. The van der Waals surface area contributed by atoms with E-state index in [-0.39, 0.29) is 21.8 Å². The molecule has 2 amide bonds. The minimum atomic E-state index is -4.86. The third-order valence-electron chi connectivity index (χ3n) is 4.48. The molecule has 1 atom stereocenters. The van der Waals surface area contributed by atoms with Gasteiger partial charge in [0.25, 0.3) is 0 Å². The largest absolute Gasteiger partial charge is 0.406 e. The van der Waals surface area contributed by atoms with E-state index in [2.05, 4.69) is 5.32 Å². The molecule has 3 rings (SSSR count). The summed E-state index contributed by atoms with van der Waals surface area (Å²) >= 11 is 5.97. The number of fused-ring (bicyclic) bond motifs is 1. The van der Waals surface area contributed by atoms with Crippen LogP contribution in [0.1, 0.15) is 17.5 Å². The van der Waals surface area contributed by atoms with Crippen molar-refractivity contribution < 1.29 is 31.1 Å². The van der Waals surface area contributed by atoms with Crippen LogP contribution in [0.4, 0.5) is 36.8 Å². The Balaban J connectivity index is 2.34. The lowest BCUT2D eigenvalue weighted by atomic mass is 9.76. The zero-order valence-corrected chi connectivity index (χ0v) is 14.8. The van der Waals surface area contributed by atoms with Gasteiger partial charge in [0.05, 0.1) is 0 Å². The Kier molecular flexibility index (Phi) is 5.22. The highest BCUT2D eigenvalue weighted by molar-refractivity contribution is 6.30. The van der Waals surface area contributed by atoms with Crippen molar-refractivity contribution in [2.75, 3.05) is 11.9 Å². The van der Waals surface area contributed by atoms with Crippen LogP contribution in [0.3, 0.4) is 0 Å². The van der Waals surface area contributed by atoms with Gasteiger partial charge in [-0.3, -0.25) is 0 Å². The number of hydrogen-bond donors (Lipinski definition) is 1. The van der Waals surface area contributed by atoms with Crippen LogP contribution < -0.4 is 5.32 Å². The quantitative estimate of drug-likeness (QED) is 0.622. The fourth-order valence-corrected chi connectivity index (χ4v) is 3.63. The van der Waals surface area contributed by atoms with Gasteiger partial charge in [-0.15, -0.1) is 0 Å². The van der Waals surface area contributed by atoms with Gasteiger partial charge >= 0.3 is 12.2 Å². The number of nitrogens with one attached hydrogen (secondary N) is 1. The first-order valence-corrected chi connectivity index (χ1v) is 8.40. The molecule has 0 saturated carbocycles. The van der Waals surface area contributed by atoms with Crippen molar-refractivity contribution in [3.05, 3.63) is 64.4 Å². The molecule has 0 fully saturated rings. The van der Waals surface area contributed by atoms with Gasteiger partial charge in [0.15, 0.2) is 0 Å². The van der Waals surface area contributed by atoms with E-state index in [1.807, 2.05) is 0 Å². The lowest BCUT2D eigenvalue weighted by Gasteiger charge is -2.48. The van der Waals surface area contributed by atoms with E-state index >= 15 is 0 Å². The average molecular weight is 423 g/mol. The van der Waals surface area contributed by atoms with Gasteiger partial charge in [-0.2, -0.15) is 13.2 Å². The van der Waals surface area contributed by atoms with Gasteiger partial charge in [-0.05, 0) is 35.9 Å². The monoisotopic (exact) mass is 422 g/mol. The Morgan fingerprint density at radius 1 is 1.11 bits per heavy atom. The summed E-state index contributed by atoms with van der Waals surface area (Å²) in [4.78, 5) is 12.8. The topological polar surface area (TPSA) is 32.3 Å². The first-order chi connectivity index (χ1) is 13.0. The molecule has 0 saturated heterocycles. The maximum atomic E-state index is 13.6. The van der Waals surface area contributed by atoms with Gasteiger partial charge in [0, 0.05) is 22.7 Å². The number of anilines is 1. The van der Waals surface area contributed by atoms with Crippen molar-refractivity contribution >= 4 is 23.3 Å². The molecule has 1 aliphatic heterocycles. The molecule has 1 N–H and O–H groups in total. The fraction of sp³-hybridized carbons (Fsp3) is 0.278. The number of halogens is 7. The van der Waals surface area contributed by atoms with Crippen LogP contribution in [0.5, 0.6) is 0 Å². The highest BCUT2D eigenvalue weighted by Crippen LogP contribution is 2.48. The molecule has 0 radical (unpaired) electrons. The molecule has 0 bridgehead atoms. The Labute approximate surface area is 160 Å². The molecule has 2 aromatic carbocycles. The zero-order chi connectivity index (χ0) is 20.7. The summed E-state index contributed by atoms with van der Waals surface area (Å²) in [5, 5.41) is 2.36. The Hall–Kier alpha value is -2.42. The third kappa shape index (κ3) is 3.76. The number of alkyl halides is 5. The van der Waals surface area contributed by atoms with Gasteiger partial charge in [-0.25, -0.2) is 18.0 Å². The third-order valence-corrected chi connectivity index (χ3v) is 4.72. The van der Waals surface area contributed by atoms with E-state index < -0.39 is 43.0 Å². The lowest BCUT2D eigenvalue weighted by molar-refractivity contribution is -0.151. The highest BCUT2D eigenvalue weighted by Gasteiger charge is 2.52. The molecule has 1 heterocycles. The maximum Gasteiger partial charge on any atom is 0.406 e. The molecule has 1 aliphatic rings. The normalized spacial score (nSPS) is 19.6. The van der Waals surface area contributed by atoms with Crippen molar-refractivity contribution in [1.82, 2.24) is 4.90 Å².